The maximum Gasteiger partial charge on any atom is 0.323 e. The molecule has 3 N–H and O–H groups in total. The van der Waals surface area contributed by atoms with Crippen LogP contribution in [0.3, 0.4) is 0 Å². The lowest BCUT2D eigenvalue weighted by atomic mass is 9.89. The quantitative estimate of drug-likeness (QED) is 0.661. The molecule has 0 aromatic rings. The lowest BCUT2D eigenvalue weighted by Crippen LogP contribution is -2.47. The second-order valence-corrected chi connectivity index (χ2v) is 5.32. The van der Waals surface area contributed by atoms with Gasteiger partial charge in [-0.25, -0.2) is 4.79 Å². The van der Waals surface area contributed by atoms with E-state index in [-0.39, 0.29) is 5.41 Å². The Morgan fingerprint density at radius 3 is 2.00 bits per heavy atom. The van der Waals surface area contributed by atoms with Crippen LogP contribution < -0.4 is 5.32 Å². The third-order valence-corrected chi connectivity index (χ3v) is 3.42. The van der Waals surface area contributed by atoms with Gasteiger partial charge in [0, 0.05) is 6.54 Å². The Balaban J connectivity index is 2.51. The van der Waals surface area contributed by atoms with Crippen LogP contribution in [0.4, 0.5) is 4.79 Å². The molecule has 0 spiro atoms. The number of carboxylic acid groups (broad SMARTS) is 2. The zero-order valence-corrected chi connectivity index (χ0v) is 11.0. The number of rotatable bonds is 6. The monoisotopic (exact) mass is 272 g/mol. The van der Waals surface area contributed by atoms with Gasteiger partial charge in [-0.2, -0.15) is 0 Å². The number of amides is 2. The molecule has 1 saturated carbocycles. The minimum absolute atomic E-state index is 0.0355. The van der Waals surface area contributed by atoms with Crippen LogP contribution in [0.2, 0.25) is 0 Å². The summed E-state index contributed by atoms with van der Waals surface area (Å²) in [5, 5.41) is 20.0. The Bertz CT molecular complexity index is 347. The molecule has 0 bridgehead atoms. The molecule has 0 unspecified atom stereocenters. The van der Waals surface area contributed by atoms with E-state index in [4.69, 9.17) is 10.2 Å². The van der Waals surface area contributed by atoms with E-state index in [1.54, 1.807) is 0 Å². The van der Waals surface area contributed by atoms with Crippen molar-refractivity contribution < 1.29 is 24.6 Å². The molecular formula is C12H20N2O5. The van der Waals surface area contributed by atoms with Gasteiger partial charge in [-0.1, -0.05) is 19.8 Å². The molecule has 108 valence electrons. The van der Waals surface area contributed by atoms with Gasteiger partial charge in [0.15, 0.2) is 0 Å². The van der Waals surface area contributed by atoms with Crippen LogP contribution in [0.1, 0.15) is 32.6 Å². The van der Waals surface area contributed by atoms with Crippen molar-refractivity contribution in [2.45, 2.75) is 32.6 Å². The molecule has 0 atom stereocenters. The summed E-state index contributed by atoms with van der Waals surface area (Å²) < 4.78 is 0. The molecule has 1 aliphatic rings. The third-order valence-electron chi connectivity index (χ3n) is 3.42. The minimum atomic E-state index is -1.23. The number of carbonyl (C=O) groups is 3. The Morgan fingerprint density at radius 1 is 1.11 bits per heavy atom. The van der Waals surface area contributed by atoms with Crippen molar-refractivity contribution in [1.82, 2.24) is 10.2 Å². The van der Waals surface area contributed by atoms with Gasteiger partial charge in [0.2, 0.25) is 0 Å². The van der Waals surface area contributed by atoms with Crippen LogP contribution in [0, 0.1) is 5.41 Å². The largest absolute Gasteiger partial charge is 0.480 e. The molecule has 0 aliphatic heterocycles. The van der Waals surface area contributed by atoms with E-state index in [2.05, 4.69) is 12.2 Å². The standard InChI is InChI=1S/C12H20N2O5/c1-12(4-2-3-5-12)8-13-11(19)14(6-9(15)16)7-10(17)18/h2-8H2,1H3,(H,13,19)(H,15,16)(H,17,18). The smallest absolute Gasteiger partial charge is 0.323 e. The van der Waals surface area contributed by atoms with Crippen molar-refractivity contribution in [2.75, 3.05) is 19.6 Å². The number of nitrogens with one attached hydrogen (secondary N) is 1. The van der Waals surface area contributed by atoms with Crippen molar-refractivity contribution in [1.29, 1.82) is 0 Å². The lowest BCUT2D eigenvalue weighted by Gasteiger charge is -2.26. The topological polar surface area (TPSA) is 107 Å². The van der Waals surface area contributed by atoms with Gasteiger partial charge < -0.3 is 20.4 Å². The number of hydrogen-bond donors (Lipinski definition) is 3. The molecule has 0 aromatic heterocycles. The Labute approximate surface area is 111 Å². The first-order valence-electron chi connectivity index (χ1n) is 6.29. The summed E-state index contributed by atoms with van der Waals surface area (Å²) in [5.41, 5.74) is 0.0355. The van der Waals surface area contributed by atoms with Crippen molar-refractivity contribution in [3.8, 4) is 0 Å². The summed E-state index contributed by atoms with van der Waals surface area (Å²) in [6.45, 7) is 1.28. The Kier molecular flexibility index (Phi) is 5.14. The fourth-order valence-corrected chi connectivity index (χ4v) is 2.33. The summed E-state index contributed by atoms with van der Waals surface area (Å²) in [6, 6.07) is -0.641. The van der Waals surface area contributed by atoms with Gasteiger partial charge >= 0.3 is 18.0 Å². The van der Waals surface area contributed by atoms with Crippen molar-refractivity contribution in [3.05, 3.63) is 0 Å². The molecule has 0 radical (unpaired) electrons. The second kappa shape index (κ2) is 6.40. The average Bonchev–Trinajstić information content (AvgIpc) is 2.71. The van der Waals surface area contributed by atoms with Crippen LogP contribution in [0.15, 0.2) is 0 Å². The van der Waals surface area contributed by atoms with E-state index in [9.17, 15) is 14.4 Å². The Hall–Kier alpha value is -1.79. The lowest BCUT2D eigenvalue weighted by molar-refractivity contribution is -0.140. The molecule has 0 saturated heterocycles. The van der Waals surface area contributed by atoms with E-state index < -0.39 is 31.1 Å². The molecule has 1 rings (SSSR count). The normalized spacial score (nSPS) is 16.9. The predicted octanol–water partition coefficient (Wildman–Crippen LogP) is 0.747. The Morgan fingerprint density at radius 2 is 1.58 bits per heavy atom. The molecule has 7 heteroatoms. The molecule has 0 heterocycles. The first-order valence-corrected chi connectivity index (χ1v) is 6.29. The summed E-state index contributed by atoms with van der Waals surface area (Å²) in [7, 11) is 0. The van der Waals surface area contributed by atoms with Crippen molar-refractivity contribution in [2.24, 2.45) is 5.41 Å². The zero-order chi connectivity index (χ0) is 14.5. The van der Waals surface area contributed by atoms with Gasteiger partial charge in [0.25, 0.3) is 0 Å². The van der Waals surface area contributed by atoms with E-state index in [0.717, 1.165) is 30.6 Å². The van der Waals surface area contributed by atoms with Crippen LogP contribution in [0.25, 0.3) is 0 Å². The molecule has 1 aliphatic carbocycles. The van der Waals surface area contributed by atoms with Gasteiger partial charge in [0.05, 0.1) is 0 Å². The molecule has 0 aromatic carbocycles. The SMILES string of the molecule is CC1(CNC(=O)N(CC(=O)O)CC(=O)O)CCCC1. The highest BCUT2D eigenvalue weighted by molar-refractivity contribution is 5.84. The van der Waals surface area contributed by atoms with Gasteiger partial charge in [-0.3, -0.25) is 9.59 Å². The van der Waals surface area contributed by atoms with Gasteiger partial charge in [0.1, 0.15) is 13.1 Å². The minimum Gasteiger partial charge on any atom is -0.480 e. The number of urea groups is 1. The maximum absolute atomic E-state index is 11.8. The average molecular weight is 272 g/mol. The number of hydrogen-bond acceptors (Lipinski definition) is 3. The number of nitrogens with zero attached hydrogens (tertiary/aromatic N) is 1. The molecule has 7 nitrogen and oxygen atoms in total. The molecule has 19 heavy (non-hydrogen) atoms. The van der Waals surface area contributed by atoms with E-state index >= 15 is 0 Å². The van der Waals surface area contributed by atoms with Crippen LogP contribution in [-0.4, -0.2) is 52.7 Å². The fraction of sp³-hybridized carbons (Fsp3) is 0.750. The van der Waals surface area contributed by atoms with E-state index in [1.165, 1.54) is 0 Å². The van der Waals surface area contributed by atoms with E-state index in [1.807, 2.05) is 0 Å². The number of carbonyl (C=O) groups excluding carboxylic acids is 1. The summed E-state index contributed by atoms with van der Waals surface area (Å²) in [4.78, 5) is 33.8. The summed E-state index contributed by atoms with van der Waals surface area (Å²) in [6.07, 6.45) is 4.29. The highest BCUT2D eigenvalue weighted by atomic mass is 16.4. The summed E-state index contributed by atoms with van der Waals surface area (Å²) >= 11 is 0. The number of carboxylic acids is 2. The van der Waals surface area contributed by atoms with Crippen LogP contribution >= 0.6 is 0 Å². The second-order valence-electron chi connectivity index (χ2n) is 5.32. The van der Waals surface area contributed by atoms with Crippen molar-refractivity contribution in [3.63, 3.8) is 0 Å². The molecular weight excluding hydrogens is 252 g/mol. The fourth-order valence-electron chi connectivity index (χ4n) is 2.33. The number of aliphatic carboxylic acids is 2. The molecule has 2 amide bonds. The first-order chi connectivity index (χ1) is 8.82. The highest BCUT2D eigenvalue weighted by Crippen LogP contribution is 2.36. The van der Waals surface area contributed by atoms with E-state index in [0.29, 0.717) is 6.54 Å². The van der Waals surface area contributed by atoms with Gasteiger partial charge in [-0.15, -0.1) is 0 Å². The predicted molar refractivity (Wildman–Crippen MR) is 66.8 cm³/mol. The highest BCUT2D eigenvalue weighted by Gasteiger charge is 2.30. The van der Waals surface area contributed by atoms with Crippen LogP contribution in [0.5, 0.6) is 0 Å². The van der Waals surface area contributed by atoms with Crippen LogP contribution in [-0.2, 0) is 9.59 Å². The van der Waals surface area contributed by atoms with Crippen molar-refractivity contribution >= 4 is 18.0 Å². The summed E-state index contributed by atoms with van der Waals surface area (Å²) in [5.74, 6) is -2.47. The van der Waals surface area contributed by atoms with Gasteiger partial charge in [-0.05, 0) is 18.3 Å². The third kappa shape index (κ3) is 5.15. The molecule has 1 fully saturated rings. The first kappa shape index (κ1) is 15.3. The maximum atomic E-state index is 11.8. The zero-order valence-electron chi connectivity index (χ0n) is 11.0.